The van der Waals surface area contributed by atoms with Crippen LogP contribution in [0.2, 0.25) is 0 Å². The molecule has 108 valence electrons. The van der Waals surface area contributed by atoms with Gasteiger partial charge in [-0.15, -0.1) is 0 Å². The Morgan fingerprint density at radius 3 is 2.95 bits per heavy atom. The number of carbonyl (C=O) groups excluding carboxylic acids is 1. The minimum Gasteiger partial charge on any atom is -0.464 e. The van der Waals surface area contributed by atoms with E-state index < -0.39 is 5.97 Å². The van der Waals surface area contributed by atoms with Crippen molar-refractivity contribution in [1.29, 1.82) is 0 Å². The summed E-state index contributed by atoms with van der Waals surface area (Å²) in [5, 5.41) is 0. The minimum atomic E-state index is -0.500. The molecule has 0 saturated heterocycles. The minimum absolute atomic E-state index is 0.175. The Balaban J connectivity index is 2.42. The molecule has 4 nitrogen and oxygen atoms in total. The summed E-state index contributed by atoms with van der Waals surface area (Å²) in [4.78, 5) is 15.2. The summed E-state index contributed by atoms with van der Waals surface area (Å²) < 4.78 is 9.67. The Morgan fingerprint density at radius 2 is 2.25 bits per heavy atom. The van der Waals surface area contributed by atoms with Crippen LogP contribution in [0.25, 0.3) is 6.08 Å². The van der Waals surface area contributed by atoms with Gasteiger partial charge in [-0.1, -0.05) is 44.2 Å². The van der Waals surface area contributed by atoms with Gasteiger partial charge in [0.25, 0.3) is 0 Å². The first-order valence-corrected chi connectivity index (χ1v) is 6.71. The highest BCUT2D eigenvalue weighted by atomic mass is 16.5. The SMILES string of the molecule is CC/C=C\C(C)C/C=C/C=C\c1nc(C(=O)OC)co1. The van der Waals surface area contributed by atoms with Gasteiger partial charge in [-0.25, -0.2) is 9.78 Å². The van der Waals surface area contributed by atoms with Crippen LogP contribution in [0.3, 0.4) is 0 Å². The number of methoxy groups -OCH3 is 1. The summed E-state index contributed by atoms with van der Waals surface area (Å²) in [6.07, 6.45) is 15.3. The normalized spacial score (nSPS) is 13.6. The number of hydrogen-bond acceptors (Lipinski definition) is 4. The van der Waals surface area contributed by atoms with Gasteiger partial charge >= 0.3 is 5.97 Å². The first-order chi connectivity index (χ1) is 9.67. The van der Waals surface area contributed by atoms with Crippen LogP contribution in [-0.2, 0) is 4.74 Å². The third kappa shape index (κ3) is 5.69. The van der Waals surface area contributed by atoms with E-state index in [1.165, 1.54) is 13.4 Å². The largest absolute Gasteiger partial charge is 0.464 e. The van der Waals surface area contributed by atoms with E-state index in [1.54, 1.807) is 6.08 Å². The molecule has 1 rings (SSSR count). The topological polar surface area (TPSA) is 52.3 Å². The lowest BCUT2D eigenvalue weighted by atomic mass is 10.1. The Hall–Kier alpha value is -2.10. The zero-order chi connectivity index (χ0) is 14.8. The molecule has 0 aromatic carbocycles. The van der Waals surface area contributed by atoms with Crippen LogP contribution in [0.15, 0.2) is 41.1 Å². The van der Waals surface area contributed by atoms with Gasteiger partial charge in [-0.2, -0.15) is 0 Å². The summed E-state index contributed by atoms with van der Waals surface area (Å²) in [5.74, 6) is 0.418. The predicted octanol–water partition coefficient (Wildman–Crippen LogP) is 4.02. The van der Waals surface area contributed by atoms with E-state index >= 15 is 0 Å². The summed E-state index contributed by atoms with van der Waals surface area (Å²) in [5.41, 5.74) is 0.175. The summed E-state index contributed by atoms with van der Waals surface area (Å²) in [6.45, 7) is 4.30. The standard InChI is InChI=1S/C16H21NO3/c1-4-5-9-13(2)10-7-6-8-11-15-17-14(12-20-15)16(18)19-3/h5-9,11-13H,4,10H2,1-3H3/b7-6+,9-5-,11-8-. The van der Waals surface area contributed by atoms with E-state index in [9.17, 15) is 4.79 Å². The Morgan fingerprint density at radius 1 is 1.45 bits per heavy atom. The molecular formula is C16H21NO3. The van der Waals surface area contributed by atoms with Gasteiger partial charge in [0.05, 0.1) is 7.11 Å². The smallest absolute Gasteiger partial charge is 0.360 e. The van der Waals surface area contributed by atoms with E-state index in [0.717, 1.165) is 12.8 Å². The quantitative estimate of drug-likeness (QED) is 0.428. The van der Waals surface area contributed by atoms with Crippen molar-refractivity contribution in [2.24, 2.45) is 5.92 Å². The molecule has 0 radical (unpaired) electrons. The van der Waals surface area contributed by atoms with Crippen molar-refractivity contribution < 1.29 is 13.9 Å². The Labute approximate surface area is 119 Å². The van der Waals surface area contributed by atoms with Gasteiger partial charge < -0.3 is 9.15 Å². The van der Waals surface area contributed by atoms with Gasteiger partial charge in [0.15, 0.2) is 5.69 Å². The highest BCUT2D eigenvalue weighted by molar-refractivity contribution is 5.86. The second-order valence-corrected chi connectivity index (χ2v) is 4.40. The van der Waals surface area contributed by atoms with Gasteiger partial charge in [0.1, 0.15) is 6.26 Å². The molecule has 0 aliphatic heterocycles. The molecule has 0 N–H and O–H groups in total. The lowest BCUT2D eigenvalue weighted by Crippen LogP contribution is -2.00. The lowest BCUT2D eigenvalue weighted by Gasteiger charge is -1.99. The maximum absolute atomic E-state index is 11.2. The van der Waals surface area contributed by atoms with E-state index in [-0.39, 0.29) is 5.69 Å². The van der Waals surface area contributed by atoms with Crippen LogP contribution < -0.4 is 0 Å². The lowest BCUT2D eigenvalue weighted by molar-refractivity contribution is 0.0594. The van der Waals surface area contributed by atoms with Crippen molar-refractivity contribution in [1.82, 2.24) is 4.98 Å². The number of rotatable bonds is 7. The van der Waals surface area contributed by atoms with Crippen LogP contribution in [0.1, 0.15) is 43.1 Å². The molecule has 0 aliphatic carbocycles. The van der Waals surface area contributed by atoms with Crippen LogP contribution in [-0.4, -0.2) is 18.1 Å². The molecule has 1 unspecified atom stereocenters. The molecule has 0 aliphatic rings. The molecule has 0 spiro atoms. The van der Waals surface area contributed by atoms with E-state index in [4.69, 9.17) is 4.42 Å². The molecule has 1 aromatic rings. The van der Waals surface area contributed by atoms with Crippen molar-refractivity contribution in [3.05, 3.63) is 48.2 Å². The van der Waals surface area contributed by atoms with E-state index in [1.807, 2.05) is 12.2 Å². The van der Waals surface area contributed by atoms with Crippen molar-refractivity contribution in [2.75, 3.05) is 7.11 Å². The maximum Gasteiger partial charge on any atom is 0.360 e. The fourth-order valence-corrected chi connectivity index (χ4v) is 1.52. The molecule has 0 bridgehead atoms. The summed E-state index contributed by atoms with van der Waals surface area (Å²) in [6, 6.07) is 0. The molecule has 4 heteroatoms. The monoisotopic (exact) mass is 275 g/mol. The number of allylic oxidation sites excluding steroid dienone is 5. The molecule has 0 saturated carbocycles. The van der Waals surface area contributed by atoms with Crippen molar-refractivity contribution in [2.45, 2.75) is 26.7 Å². The van der Waals surface area contributed by atoms with Gasteiger partial charge in [0, 0.05) is 6.08 Å². The highest BCUT2D eigenvalue weighted by Crippen LogP contribution is 2.07. The second kappa shape index (κ2) is 8.91. The Bertz CT molecular complexity index is 498. The summed E-state index contributed by atoms with van der Waals surface area (Å²) >= 11 is 0. The molecular weight excluding hydrogens is 254 g/mol. The zero-order valence-electron chi connectivity index (χ0n) is 12.2. The molecule has 1 aromatic heterocycles. The number of esters is 1. The fraction of sp³-hybridized carbons (Fsp3) is 0.375. The Kier molecular flexibility index (Phi) is 7.11. The van der Waals surface area contributed by atoms with E-state index in [2.05, 4.69) is 41.8 Å². The van der Waals surface area contributed by atoms with Gasteiger partial charge in [-0.3, -0.25) is 0 Å². The number of hydrogen-bond donors (Lipinski definition) is 0. The van der Waals surface area contributed by atoms with Crippen LogP contribution in [0.4, 0.5) is 0 Å². The number of carbonyl (C=O) groups is 1. The highest BCUT2D eigenvalue weighted by Gasteiger charge is 2.09. The average Bonchev–Trinajstić information content (AvgIpc) is 2.92. The first kappa shape index (κ1) is 16.0. The van der Waals surface area contributed by atoms with Crippen molar-refractivity contribution in [3.63, 3.8) is 0 Å². The fourth-order valence-electron chi connectivity index (χ4n) is 1.52. The van der Waals surface area contributed by atoms with E-state index in [0.29, 0.717) is 11.8 Å². The van der Waals surface area contributed by atoms with Crippen molar-refractivity contribution in [3.8, 4) is 0 Å². The average molecular weight is 275 g/mol. The molecule has 1 heterocycles. The van der Waals surface area contributed by atoms with Crippen molar-refractivity contribution >= 4 is 12.0 Å². The zero-order valence-corrected chi connectivity index (χ0v) is 12.2. The van der Waals surface area contributed by atoms with Crippen LogP contribution in [0.5, 0.6) is 0 Å². The predicted molar refractivity (Wildman–Crippen MR) is 79.2 cm³/mol. The number of nitrogens with zero attached hydrogens (tertiary/aromatic N) is 1. The second-order valence-electron chi connectivity index (χ2n) is 4.40. The van der Waals surface area contributed by atoms with Gasteiger partial charge in [0.2, 0.25) is 5.89 Å². The number of aromatic nitrogens is 1. The first-order valence-electron chi connectivity index (χ1n) is 6.71. The molecule has 0 amide bonds. The third-order valence-corrected chi connectivity index (χ3v) is 2.61. The van der Waals surface area contributed by atoms with Crippen LogP contribution in [0, 0.1) is 5.92 Å². The van der Waals surface area contributed by atoms with Crippen LogP contribution >= 0.6 is 0 Å². The van der Waals surface area contributed by atoms with Gasteiger partial charge in [-0.05, 0) is 18.8 Å². The maximum atomic E-state index is 11.2. The molecule has 1 atom stereocenters. The number of ether oxygens (including phenoxy) is 1. The summed E-state index contributed by atoms with van der Waals surface area (Å²) in [7, 11) is 1.31. The molecule has 0 fully saturated rings. The number of oxazole rings is 1. The molecule has 20 heavy (non-hydrogen) atoms. The third-order valence-electron chi connectivity index (χ3n) is 2.61.